The van der Waals surface area contributed by atoms with Gasteiger partial charge in [-0.2, -0.15) is 15.8 Å². The van der Waals surface area contributed by atoms with Crippen LogP contribution in [0, 0.1) is 56.2 Å². The predicted octanol–water partition coefficient (Wildman–Crippen LogP) is 3.20. The van der Waals surface area contributed by atoms with Gasteiger partial charge in [-0.1, -0.05) is 18.6 Å². The van der Waals surface area contributed by atoms with Crippen molar-refractivity contribution in [2.45, 2.75) is 37.6 Å². The highest BCUT2D eigenvalue weighted by Crippen LogP contribution is 2.69. The van der Waals surface area contributed by atoms with Gasteiger partial charge in [-0.3, -0.25) is 5.41 Å². The van der Waals surface area contributed by atoms with Gasteiger partial charge in [-0.15, -0.1) is 0 Å². The molecule has 1 N–H and O–H groups in total. The SMILES string of the molecule is COc1cccc([C@H]2O[C@@]34CCCC[C@H]3C(C#N)(C#N)[C@@]2(C#N)C(=N)O4)c1. The number of nitriles is 3. The Labute approximate surface area is 157 Å². The molecule has 0 amide bonds. The first kappa shape index (κ1) is 17.3. The Balaban J connectivity index is 2.00. The predicted molar refractivity (Wildman–Crippen MR) is 92.0 cm³/mol. The van der Waals surface area contributed by atoms with Gasteiger partial charge in [0.2, 0.25) is 11.7 Å². The van der Waals surface area contributed by atoms with Crippen LogP contribution in [-0.2, 0) is 9.47 Å². The van der Waals surface area contributed by atoms with E-state index >= 15 is 0 Å². The Bertz CT molecular complexity index is 926. The van der Waals surface area contributed by atoms with E-state index in [2.05, 4.69) is 18.2 Å². The first-order valence-corrected chi connectivity index (χ1v) is 8.87. The first-order chi connectivity index (χ1) is 13.0. The number of benzene rings is 1. The molecule has 1 aromatic carbocycles. The lowest BCUT2D eigenvalue weighted by molar-refractivity contribution is -0.360. The van der Waals surface area contributed by atoms with Crippen LogP contribution in [0.5, 0.6) is 5.75 Å². The molecule has 0 aromatic heterocycles. The monoisotopic (exact) mass is 362 g/mol. The first-order valence-electron chi connectivity index (χ1n) is 8.87. The summed E-state index contributed by atoms with van der Waals surface area (Å²) in [7, 11) is 1.53. The third-order valence-electron chi connectivity index (χ3n) is 6.21. The molecule has 0 unspecified atom stereocenters. The average Bonchev–Trinajstić information content (AvgIpc) is 2.72. The van der Waals surface area contributed by atoms with Crippen LogP contribution >= 0.6 is 0 Å². The maximum atomic E-state index is 10.2. The summed E-state index contributed by atoms with van der Waals surface area (Å²) in [4.78, 5) is 0. The third kappa shape index (κ3) is 1.89. The summed E-state index contributed by atoms with van der Waals surface area (Å²) in [5.41, 5.74) is -2.97. The summed E-state index contributed by atoms with van der Waals surface area (Å²) in [6.07, 6.45) is 1.69. The van der Waals surface area contributed by atoms with Crippen molar-refractivity contribution in [2.75, 3.05) is 7.11 Å². The van der Waals surface area contributed by atoms with Gasteiger partial charge >= 0.3 is 0 Å². The smallest absolute Gasteiger partial charge is 0.218 e. The molecule has 7 heteroatoms. The molecule has 4 aliphatic rings. The zero-order chi connectivity index (χ0) is 19.3. The van der Waals surface area contributed by atoms with Crippen LogP contribution in [0.3, 0.4) is 0 Å². The fourth-order valence-corrected chi connectivity index (χ4v) is 4.95. The number of ether oxygens (including phenoxy) is 3. The van der Waals surface area contributed by atoms with Gasteiger partial charge in [-0.05, 0) is 30.5 Å². The second-order valence-electron chi connectivity index (χ2n) is 7.27. The van der Waals surface area contributed by atoms with Crippen molar-refractivity contribution in [1.29, 1.82) is 21.2 Å². The normalized spacial score (nSPS) is 35.7. The fraction of sp³-hybridized carbons (Fsp3) is 0.500. The number of hydrogen-bond donors (Lipinski definition) is 1. The minimum atomic E-state index is -1.84. The molecule has 2 bridgehead atoms. The molecular weight excluding hydrogens is 344 g/mol. The molecule has 3 aliphatic heterocycles. The maximum Gasteiger partial charge on any atom is 0.218 e. The van der Waals surface area contributed by atoms with Gasteiger partial charge in [0.15, 0.2) is 10.8 Å². The number of fused-ring (bicyclic) bond motifs is 2. The Morgan fingerprint density at radius 1 is 1.19 bits per heavy atom. The molecule has 4 atom stereocenters. The van der Waals surface area contributed by atoms with Crippen LogP contribution in [0.1, 0.15) is 37.4 Å². The average molecular weight is 362 g/mol. The van der Waals surface area contributed by atoms with E-state index in [0.29, 0.717) is 24.2 Å². The van der Waals surface area contributed by atoms with Crippen molar-refractivity contribution in [3.63, 3.8) is 0 Å². The summed E-state index contributed by atoms with van der Waals surface area (Å²) in [5.74, 6) is -1.60. The highest BCUT2D eigenvalue weighted by molar-refractivity contribution is 5.89. The minimum Gasteiger partial charge on any atom is -0.497 e. The van der Waals surface area contributed by atoms with Gasteiger partial charge in [-0.25, -0.2) is 0 Å². The van der Waals surface area contributed by atoms with E-state index in [9.17, 15) is 15.8 Å². The zero-order valence-corrected chi connectivity index (χ0v) is 14.9. The molecule has 0 radical (unpaired) electrons. The van der Waals surface area contributed by atoms with E-state index in [1.807, 2.05) is 0 Å². The second kappa shape index (κ2) is 5.71. The molecule has 3 heterocycles. The summed E-state index contributed by atoms with van der Waals surface area (Å²) >= 11 is 0. The summed E-state index contributed by atoms with van der Waals surface area (Å²) < 4.78 is 17.5. The number of hydrogen-bond acceptors (Lipinski definition) is 7. The Morgan fingerprint density at radius 2 is 1.96 bits per heavy atom. The van der Waals surface area contributed by atoms with E-state index in [-0.39, 0.29) is 5.90 Å². The number of nitrogens with one attached hydrogen (secondary N) is 1. The summed E-state index contributed by atoms with van der Waals surface area (Å²) in [6, 6.07) is 13.3. The van der Waals surface area contributed by atoms with E-state index in [1.54, 1.807) is 24.3 Å². The summed E-state index contributed by atoms with van der Waals surface area (Å²) in [5, 5.41) is 39.0. The van der Waals surface area contributed by atoms with Crippen LogP contribution < -0.4 is 4.74 Å². The van der Waals surface area contributed by atoms with Gasteiger partial charge in [0.1, 0.15) is 11.9 Å². The Kier molecular flexibility index (Phi) is 3.67. The zero-order valence-electron chi connectivity index (χ0n) is 14.9. The molecule has 3 saturated heterocycles. The third-order valence-corrected chi connectivity index (χ3v) is 6.21. The highest BCUT2D eigenvalue weighted by Gasteiger charge is 2.80. The van der Waals surface area contributed by atoms with Crippen molar-refractivity contribution < 1.29 is 14.2 Å². The highest BCUT2D eigenvalue weighted by atomic mass is 16.7. The molecule has 27 heavy (non-hydrogen) atoms. The lowest BCUT2D eigenvalue weighted by Crippen LogP contribution is -2.73. The molecule has 5 rings (SSSR count). The van der Waals surface area contributed by atoms with E-state index in [0.717, 1.165) is 12.8 Å². The van der Waals surface area contributed by atoms with Gasteiger partial charge < -0.3 is 14.2 Å². The van der Waals surface area contributed by atoms with Crippen molar-refractivity contribution in [1.82, 2.24) is 0 Å². The Morgan fingerprint density at radius 3 is 2.63 bits per heavy atom. The number of nitrogens with zero attached hydrogens (tertiary/aromatic N) is 3. The number of methoxy groups -OCH3 is 1. The standard InChI is InChI=1S/C20H18N4O3/c1-25-14-6-4-5-13(9-14)16-19(12-23)17(24)27-20(26-16)8-3-2-7-15(20)18(19,10-21)11-22/h4-6,9,15-16,24H,2-3,7-8H2,1H3/t15-,16+,19+,20+/m0/s1. The van der Waals surface area contributed by atoms with Gasteiger partial charge in [0.05, 0.1) is 31.2 Å². The van der Waals surface area contributed by atoms with E-state index in [4.69, 9.17) is 19.6 Å². The van der Waals surface area contributed by atoms with Crippen molar-refractivity contribution in [3.8, 4) is 24.0 Å². The van der Waals surface area contributed by atoms with Crippen molar-refractivity contribution in [3.05, 3.63) is 29.8 Å². The minimum absolute atomic E-state index is 0.356. The largest absolute Gasteiger partial charge is 0.497 e. The second-order valence-corrected chi connectivity index (χ2v) is 7.27. The lowest BCUT2D eigenvalue weighted by Gasteiger charge is -2.63. The Hall–Kier alpha value is -3.08. The van der Waals surface area contributed by atoms with E-state index < -0.39 is 28.6 Å². The van der Waals surface area contributed by atoms with Crippen molar-refractivity contribution in [2.24, 2.45) is 16.7 Å². The van der Waals surface area contributed by atoms with Gasteiger partial charge in [0, 0.05) is 6.42 Å². The maximum absolute atomic E-state index is 10.2. The molecule has 136 valence electrons. The lowest BCUT2D eigenvalue weighted by atomic mass is 9.48. The van der Waals surface area contributed by atoms with Crippen LogP contribution in [-0.4, -0.2) is 18.8 Å². The molecule has 1 aliphatic carbocycles. The fourth-order valence-electron chi connectivity index (χ4n) is 4.95. The molecule has 4 fully saturated rings. The van der Waals surface area contributed by atoms with Crippen LogP contribution in [0.15, 0.2) is 24.3 Å². The van der Waals surface area contributed by atoms with Gasteiger partial charge in [0.25, 0.3) is 0 Å². The quantitative estimate of drug-likeness (QED) is 0.861. The number of rotatable bonds is 2. The molecule has 7 nitrogen and oxygen atoms in total. The van der Waals surface area contributed by atoms with Crippen LogP contribution in [0.2, 0.25) is 0 Å². The van der Waals surface area contributed by atoms with Crippen LogP contribution in [0.25, 0.3) is 0 Å². The summed E-state index contributed by atoms with van der Waals surface area (Å²) in [6.45, 7) is 0. The molecule has 1 saturated carbocycles. The topological polar surface area (TPSA) is 123 Å². The van der Waals surface area contributed by atoms with E-state index in [1.165, 1.54) is 7.11 Å². The molecule has 1 spiro atoms. The molecule has 1 aromatic rings. The van der Waals surface area contributed by atoms with Crippen molar-refractivity contribution >= 4 is 5.90 Å². The molecular formula is C20H18N4O3. The van der Waals surface area contributed by atoms with Crippen LogP contribution in [0.4, 0.5) is 0 Å².